The third-order valence-corrected chi connectivity index (χ3v) is 4.36. The fourth-order valence-electron chi connectivity index (χ4n) is 3.15. The predicted molar refractivity (Wildman–Crippen MR) is 93.7 cm³/mol. The van der Waals surface area contributed by atoms with Gasteiger partial charge >= 0.3 is 12.3 Å². The van der Waals surface area contributed by atoms with E-state index in [1.807, 2.05) is 24.3 Å². The molecule has 0 fully saturated rings. The van der Waals surface area contributed by atoms with Gasteiger partial charge in [0.05, 0.1) is 11.6 Å². The second-order valence-electron chi connectivity index (χ2n) is 6.36. The normalized spacial score (nSPS) is 16.0. The van der Waals surface area contributed by atoms with Gasteiger partial charge < -0.3 is 14.8 Å². The smallest absolute Gasteiger partial charge is 0.452 e. The fraction of sp³-hybridized carbons (Fsp3) is 0.300. The summed E-state index contributed by atoms with van der Waals surface area (Å²) in [4.78, 5) is 24.1. The number of hydrogen-bond donors (Lipinski definition) is 1. The molecule has 0 saturated heterocycles. The lowest BCUT2D eigenvalue weighted by atomic mass is 9.88. The molecular weight excluding hydrogens is 375 g/mol. The number of fused-ring (bicyclic) bond motifs is 1. The van der Waals surface area contributed by atoms with Crippen molar-refractivity contribution in [2.24, 2.45) is 0 Å². The van der Waals surface area contributed by atoms with Crippen molar-refractivity contribution in [2.75, 3.05) is 6.61 Å². The molecule has 1 N–H and O–H groups in total. The molecular formula is C20H18F3NO4. The van der Waals surface area contributed by atoms with Gasteiger partial charge in [-0.15, -0.1) is 13.2 Å². The minimum atomic E-state index is -4.81. The van der Waals surface area contributed by atoms with Crippen molar-refractivity contribution in [2.45, 2.75) is 31.7 Å². The van der Waals surface area contributed by atoms with E-state index >= 15 is 0 Å². The van der Waals surface area contributed by atoms with Gasteiger partial charge in [0.15, 0.2) is 6.61 Å². The zero-order valence-electron chi connectivity index (χ0n) is 14.8. The molecule has 0 aliphatic heterocycles. The van der Waals surface area contributed by atoms with Crippen LogP contribution >= 0.6 is 0 Å². The van der Waals surface area contributed by atoms with E-state index in [2.05, 4.69) is 10.1 Å². The fourth-order valence-corrected chi connectivity index (χ4v) is 3.15. The highest BCUT2D eigenvalue weighted by molar-refractivity contribution is 5.91. The summed E-state index contributed by atoms with van der Waals surface area (Å²) in [6, 6.07) is 12.0. The van der Waals surface area contributed by atoms with E-state index in [0.717, 1.165) is 49.1 Å². The van der Waals surface area contributed by atoms with Gasteiger partial charge in [0.1, 0.15) is 5.75 Å². The van der Waals surface area contributed by atoms with Gasteiger partial charge in [0, 0.05) is 0 Å². The molecule has 0 bridgehead atoms. The first-order valence-electron chi connectivity index (χ1n) is 8.72. The van der Waals surface area contributed by atoms with Crippen LogP contribution in [0.1, 0.15) is 40.4 Å². The van der Waals surface area contributed by atoms with Crippen molar-refractivity contribution in [1.82, 2.24) is 5.32 Å². The van der Waals surface area contributed by atoms with Crippen LogP contribution in [0.2, 0.25) is 0 Å². The van der Waals surface area contributed by atoms with E-state index in [-0.39, 0.29) is 11.6 Å². The average Bonchev–Trinajstić information content (AvgIpc) is 2.66. The van der Waals surface area contributed by atoms with E-state index in [9.17, 15) is 22.8 Å². The van der Waals surface area contributed by atoms with Crippen LogP contribution in [0.5, 0.6) is 5.75 Å². The Morgan fingerprint density at radius 2 is 1.79 bits per heavy atom. The van der Waals surface area contributed by atoms with E-state index < -0.39 is 30.6 Å². The molecule has 148 valence electrons. The summed E-state index contributed by atoms with van der Waals surface area (Å²) in [7, 11) is 0. The molecule has 0 heterocycles. The van der Waals surface area contributed by atoms with Crippen LogP contribution in [0.15, 0.2) is 48.5 Å². The highest BCUT2D eigenvalue weighted by atomic mass is 19.4. The number of carbonyl (C=O) groups excluding carboxylic acids is 2. The van der Waals surface area contributed by atoms with Crippen LogP contribution in [0.25, 0.3) is 0 Å². The molecule has 0 saturated carbocycles. The number of alkyl halides is 3. The Morgan fingerprint density at radius 3 is 2.50 bits per heavy atom. The molecule has 0 unspecified atom stereocenters. The Balaban J connectivity index is 1.52. The van der Waals surface area contributed by atoms with E-state index in [4.69, 9.17) is 4.74 Å². The number of ether oxygens (including phenoxy) is 2. The lowest BCUT2D eigenvalue weighted by Crippen LogP contribution is -2.34. The Hall–Kier alpha value is -3.03. The van der Waals surface area contributed by atoms with Gasteiger partial charge in [-0.25, -0.2) is 4.79 Å². The van der Waals surface area contributed by atoms with Crippen LogP contribution in [0.3, 0.4) is 0 Å². The van der Waals surface area contributed by atoms with Crippen LogP contribution in [-0.2, 0) is 16.0 Å². The number of halogens is 3. The average molecular weight is 393 g/mol. The number of aryl methyl sites for hydroxylation is 1. The molecule has 1 aliphatic carbocycles. The van der Waals surface area contributed by atoms with Gasteiger partial charge in [0.2, 0.25) is 0 Å². The van der Waals surface area contributed by atoms with E-state index in [1.54, 1.807) is 0 Å². The highest BCUT2D eigenvalue weighted by Gasteiger charge is 2.31. The zero-order chi connectivity index (χ0) is 20.1. The summed E-state index contributed by atoms with van der Waals surface area (Å²) in [5.74, 6) is -1.69. The predicted octanol–water partition coefficient (Wildman–Crippen LogP) is 3.94. The maximum absolute atomic E-state index is 12.1. The summed E-state index contributed by atoms with van der Waals surface area (Å²) in [6.45, 7) is -0.474. The van der Waals surface area contributed by atoms with E-state index in [0.29, 0.717) is 0 Å². The van der Waals surface area contributed by atoms with Crippen molar-refractivity contribution in [3.05, 3.63) is 65.2 Å². The number of hydrogen-bond acceptors (Lipinski definition) is 4. The minimum Gasteiger partial charge on any atom is -0.452 e. The number of benzene rings is 2. The van der Waals surface area contributed by atoms with Crippen molar-refractivity contribution in [3.63, 3.8) is 0 Å². The molecule has 1 atom stereocenters. The first kappa shape index (κ1) is 19.7. The number of rotatable bonds is 5. The van der Waals surface area contributed by atoms with Crippen molar-refractivity contribution in [1.29, 1.82) is 0 Å². The van der Waals surface area contributed by atoms with Gasteiger partial charge in [-0.1, -0.05) is 24.3 Å². The van der Waals surface area contributed by atoms with Crippen molar-refractivity contribution < 1.29 is 32.2 Å². The Bertz CT molecular complexity index is 849. The standard InChI is InChI=1S/C20H18F3NO4/c21-20(22,23)28-15-10-8-14(9-11-15)19(26)27-12-18(25)24-17-7-3-5-13-4-1-2-6-16(13)17/h1-2,4,6,8-11,17H,3,5,7,12H2,(H,24,25)/t17-/m0/s1. The summed E-state index contributed by atoms with van der Waals surface area (Å²) in [5, 5.41) is 2.86. The molecule has 0 aromatic heterocycles. The van der Waals surface area contributed by atoms with Gasteiger partial charge in [-0.2, -0.15) is 0 Å². The largest absolute Gasteiger partial charge is 0.573 e. The van der Waals surface area contributed by atoms with Crippen LogP contribution in [0, 0.1) is 0 Å². The summed E-state index contributed by atoms with van der Waals surface area (Å²) in [5.41, 5.74) is 2.27. The molecule has 1 aliphatic rings. The lowest BCUT2D eigenvalue weighted by molar-refractivity contribution is -0.274. The summed E-state index contributed by atoms with van der Waals surface area (Å²) in [6.07, 6.45) is -2.09. The summed E-state index contributed by atoms with van der Waals surface area (Å²) < 4.78 is 45.1. The maximum atomic E-state index is 12.1. The summed E-state index contributed by atoms with van der Waals surface area (Å²) >= 11 is 0. The lowest BCUT2D eigenvalue weighted by Gasteiger charge is -2.26. The van der Waals surface area contributed by atoms with Gasteiger partial charge in [0.25, 0.3) is 5.91 Å². The molecule has 1 amide bonds. The zero-order valence-corrected chi connectivity index (χ0v) is 14.8. The Labute approximate surface area is 159 Å². The molecule has 5 nitrogen and oxygen atoms in total. The van der Waals surface area contributed by atoms with Gasteiger partial charge in [-0.3, -0.25) is 4.79 Å². The second kappa shape index (κ2) is 8.33. The quantitative estimate of drug-likeness (QED) is 0.782. The van der Waals surface area contributed by atoms with Gasteiger partial charge in [-0.05, 0) is 54.7 Å². The third-order valence-electron chi connectivity index (χ3n) is 4.36. The molecule has 8 heteroatoms. The Morgan fingerprint density at radius 1 is 1.07 bits per heavy atom. The highest BCUT2D eigenvalue weighted by Crippen LogP contribution is 2.29. The number of esters is 1. The van der Waals surface area contributed by atoms with E-state index in [1.165, 1.54) is 5.56 Å². The third kappa shape index (κ3) is 5.25. The molecule has 28 heavy (non-hydrogen) atoms. The monoisotopic (exact) mass is 393 g/mol. The topological polar surface area (TPSA) is 64.6 Å². The van der Waals surface area contributed by atoms with Crippen molar-refractivity contribution in [3.8, 4) is 5.75 Å². The van der Waals surface area contributed by atoms with Crippen LogP contribution < -0.4 is 10.1 Å². The second-order valence-corrected chi connectivity index (χ2v) is 6.36. The first-order valence-corrected chi connectivity index (χ1v) is 8.72. The molecule has 0 radical (unpaired) electrons. The maximum Gasteiger partial charge on any atom is 0.573 e. The number of amides is 1. The SMILES string of the molecule is O=C(COC(=O)c1ccc(OC(F)(F)F)cc1)N[C@H]1CCCc2ccccc21. The number of carbonyl (C=O) groups is 2. The van der Waals surface area contributed by atoms with Crippen LogP contribution in [-0.4, -0.2) is 24.8 Å². The molecule has 0 spiro atoms. The first-order chi connectivity index (χ1) is 13.3. The molecule has 2 aromatic carbocycles. The Kier molecular flexibility index (Phi) is 5.87. The van der Waals surface area contributed by atoms with Crippen molar-refractivity contribution >= 4 is 11.9 Å². The molecule has 3 rings (SSSR count). The minimum absolute atomic E-state index is 0.0188. The number of nitrogens with one attached hydrogen (secondary N) is 1. The molecule has 2 aromatic rings. The van der Waals surface area contributed by atoms with Crippen LogP contribution in [0.4, 0.5) is 13.2 Å².